The third-order valence-corrected chi connectivity index (χ3v) is 7.21. The highest BCUT2D eigenvalue weighted by molar-refractivity contribution is 9.09. The van der Waals surface area contributed by atoms with E-state index in [4.69, 9.17) is 23.0 Å². The number of hydrogen-bond donors (Lipinski definition) is 2. The van der Waals surface area contributed by atoms with Crippen LogP contribution in [0.3, 0.4) is 0 Å². The van der Waals surface area contributed by atoms with Crippen LogP contribution < -0.4 is 10.1 Å². The maximum atomic E-state index is 12.0. The van der Waals surface area contributed by atoms with Crippen molar-refractivity contribution < 1.29 is 37.3 Å². The summed E-state index contributed by atoms with van der Waals surface area (Å²) < 4.78 is 37.0. The maximum Gasteiger partial charge on any atom is 0.472 e. The van der Waals surface area contributed by atoms with Crippen LogP contribution in [0.5, 0.6) is 5.88 Å². The molecule has 10 nitrogen and oxygen atoms in total. The Morgan fingerprint density at radius 1 is 0.974 bits per heavy atom. The first-order valence-electron chi connectivity index (χ1n) is 14.1. The van der Waals surface area contributed by atoms with E-state index in [1.54, 1.807) is 0 Å². The molecule has 0 bridgehead atoms. The Labute approximate surface area is 236 Å². The monoisotopic (exact) mass is 626 g/mol. The predicted molar refractivity (Wildman–Crippen MR) is 151 cm³/mol. The predicted octanol–water partition coefficient (Wildman–Crippen LogP) is 7.55. The van der Waals surface area contributed by atoms with Crippen LogP contribution in [0.1, 0.15) is 103 Å². The van der Waals surface area contributed by atoms with Crippen LogP contribution in [-0.4, -0.2) is 53.9 Å². The van der Waals surface area contributed by atoms with Gasteiger partial charge in [-0.1, -0.05) is 113 Å². The van der Waals surface area contributed by atoms with Crippen molar-refractivity contribution in [1.82, 2.24) is 10.5 Å². The van der Waals surface area contributed by atoms with Crippen LogP contribution >= 0.6 is 23.8 Å². The van der Waals surface area contributed by atoms with E-state index < -0.39 is 20.0 Å². The van der Waals surface area contributed by atoms with Gasteiger partial charge < -0.3 is 24.2 Å². The zero-order chi connectivity index (χ0) is 27.7. The molecule has 1 amide bonds. The summed E-state index contributed by atoms with van der Waals surface area (Å²) >= 11 is 3.10. The zero-order valence-electron chi connectivity index (χ0n) is 23.0. The summed E-state index contributed by atoms with van der Waals surface area (Å²) in [5.74, 6) is 0.134. The van der Waals surface area contributed by atoms with E-state index in [0.717, 1.165) is 19.3 Å². The molecule has 1 rings (SSSR count). The van der Waals surface area contributed by atoms with E-state index in [1.807, 2.05) is 0 Å². The van der Waals surface area contributed by atoms with Crippen molar-refractivity contribution >= 4 is 29.8 Å². The molecule has 2 unspecified atom stereocenters. The first kappa shape index (κ1) is 34.9. The number of rotatable bonds is 26. The number of alkyl halides is 1. The molecular weight excluding hydrogens is 579 g/mol. The van der Waals surface area contributed by atoms with E-state index in [-0.39, 0.29) is 25.7 Å². The van der Waals surface area contributed by atoms with Crippen molar-refractivity contribution in [2.75, 3.05) is 31.7 Å². The molecule has 2 atom stereocenters. The second-order valence-corrected chi connectivity index (χ2v) is 11.6. The molecule has 38 heavy (non-hydrogen) atoms. The fourth-order valence-electron chi connectivity index (χ4n) is 3.82. The molecule has 12 heteroatoms. The van der Waals surface area contributed by atoms with Gasteiger partial charge in [0, 0.05) is 17.9 Å². The Hall–Kier alpha value is -1.13. The molecular formula is C26H48BrN2O8P. The zero-order valence-corrected chi connectivity index (χ0v) is 25.4. The lowest BCUT2D eigenvalue weighted by atomic mass is 10.0. The first-order chi connectivity index (χ1) is 18.5. The number of ether oxygens (including phenoxy) is 2. The summed E-state index contributed by atoms with van der Waals surface area (Å²) in [5.41, 5.74) is 0. The van der Waals surface area contributed by atoms with Crippen LogP contribution in [-0.2, 0) is 18.3 Å². The van der Waals surface area contributed by atoms with Crippen molar-refractivity contribution in [2.24, 2.45) is 0 Å². The highest BCUT2D eigenvalue weighted by atomic mass is 79.9. The molecule has 2 N–H and O–H groups in total. The average Bonchev–Trinajstić information content (AvgIpc) is 3.42. The van der Waals surface area contributed by atoms with Crippen LogP contribution in [0, 0.1) is 0 Å². The number of halogens is 1. The number of amides is 1. The summed E-state index contributed by atoms with van der Waals surface area (Å²) in [6.07, 6.45) is 19.1. The second-order valence-electron chi connectivity index (χ2n) is 9.34. The van der Waals surface area contributed by atoms with Crippen LogP contribution in [0.25, 0.3) is 0 Å². The van der Waals surface area contributed by atoms with Gasteiger partial charge in [0.05, 0.1) is 13.2 Å². The molecule has 1 aromatic heterocycles. The van der Waals surface area contributed by atoms with Gasteiger partial charge >= 0.3 is 13.9 Å². The minimum Gasteiger partial charge on any atom is -0.466 e. The summed E-state index contributed by atoms with van der Waals surface area (Å²) in [5, 5.41) is 6.72. The number of hydrogen-bond acceptors (Lipinski definition) is 8. The van der Waals surface area contributed by atoms with Crippen molar-refractivity contribution in [1.29, 1.82) is 0 Å². The quantitative estimate of drug-likeness (QED) is 0.0608. The number of carbonyl (C=O) groups excluding carboxylic acids is 1. The number of phosphoric ester groups is 1. The minimum absolute atomic E-state index is 0.000796. The molecule has 0 saturated heterocycles. The van der Waals surface area contributed by atoms with Crippen molar-refractivity contribution in [3.05, 3.63) is 12.3 Å². The molecule has 0 aliphatic carbocycles. The molecule has 0 aromatic carbocycles. The van der Waals surface area contributed by atoms with Crippen molar-refractivity contribution in [3.63, 3.8) is 0 Å². The Morgan fingerprint density at radius 2 is 1.55 bits per heavy atom. The Morgan fingerprint density at radius 3 is 2.08 bits per heavy atom. The summed E-state index contributed by atoms with van der Waals surface area (Å²) in [4.78, 5) is 21.7. The maximum absolute atomic E-state index is 12.0. The largest absolute Gasteiger partial charge is 0.472 e. The van der Waals surface area contributed by atoms with E-state index in [2.05, 4.69) is 33.3 Å². The van der Waals surface area contributed by atoms with E-state index >= 15 is 0 Å². The SMILES string of the molecule is CCCCCCCCCCCCCCCCCNC(=O)OCC(COP(=O)(O)OCCBr)Oc1ccon1. The lowest BCUT2D eigenvalue weighted by Crippen LogP contribution is -2.33. The molecule has 0 aliphatic heterocycles. The number of alkyl carbamates (subject to hydrolysis) is 1. The molecule has 222 valence electrons. The number of nitrogens with zero attached hydrogens (tertiary/aromatic N) is 1. The molecule has 1 heterocycles. The number of nitrogens with one attached hydrogen (secondary N) is 1. The van der Waals surface area contributed by atoms with Gasteiger partial charge in [-0.05, 0) is 11.6 Å². The molecule has 1 aromatic rings. The Bertz CT molecular complexity index is 726. The average molecular weight is 628 g/mol. The van der Waals surface area contributed by atoms with Crippen LogP contribution in [0.4, 0.5) is 4.79 Å². The third-order valence-electron chi connectivity index (χ3n) is 5.91. The number of aromatic nitrogens is 1. The van der Waals surface area contributed by atoms with Crippen LogP contribution in [0.15, 0.2) is 16.9 Å². The lowest BCUT2D eigenvalue weighted by molar-refractivity contribution is 0.0367. The van der Waals surface area contributed by atoms with E-state index in [0.29, 0.717) is 11.9 Å². The first-order valence-corrected chi connectivity index (χ1v) is 16.7. The van der Waals surface area contributed by atoms with Gasteiger partial charge in [-0.15, -0.1) is 0 Å². The summed E-state index contributed by atoms with van der Waals surface area (Å²) in [6, 6.07) is 1.46. The van der Waals surface area contributed by atoms with E-state index in [9.17, 15) is 14.3 Å². The molecule has 0 saturated carbocycles. The smallest absolute Gasteiger partial charge is 0.466 e. The Kier molecular flexibility index (Phi) is 21.8. The van der Waals surface area contributed by atoms with Gasteiger partial charge in [-0.3, -0.25) is 9.05 Å². The number of unbranched alkanes of at least 4 members (excludes halogenated alkanes) is 14. The molecule has 0 fully saturated rings. The van der Waals surface area contributed by atoms with Gasteiger partial charge in [-0.25, -0.2) is 9.36 Å². The highest BCUT2D eigenvalue weighted by Crippen LogP contribution is 2.43. The Balaban J connectivity index is 2.06. The third kappa shape index (κ3) is 20.8. The fourth-order valence-corrected chi connectivity index (χ4v) is 4.98. The van der Waals surface area contributed by atoms with Gasteiger partial charge in [0.1, 0.15) is 12.9 Å². The molecule has 0 aliphatic rings. The molecule has 0 spiro atoms. The van der Waals surface area contributed by atoms with Crippen molar-refractivity contribution in [3.8, 4) is 5.88 Å². The van der Waals surface area contributed by atoms with Gasteiger partial charge in [0.2, 0.25) is 0 Å². The highest BCUT2D eigenvalue weighted by Gasteiger charge is 2.25. The lowest BCUT2D eigenvalue weighted by Gasteiger charge is -2.19. The van der Waals surface area contributed by atoms with E-state index in [1.165, 1.54) is 89.4 Å². The minimum atomic E-state index is -4.26. The number of phosphoric acid groups is 1. The fraction of sp³-hybridized carbons (Fsp3) is 0.846. The second kappa shape index (κ2) is 23.7. The van der Waals surface area contributed by atoms with Crippen molar-refractivity contribution in [2.45, 2.75) is 109 Å². The van der Waals surface area contributed by atoms with Gasteiger partial charge in [0.25, 0.3) is 5.88 Å². The topological polar surface area (TPSA) is 129 Å². The summed E-state index contributed by atoms with van der Waals surface area (Å²) in [6.45, 7) is 2.22. The number of carbonyl (C=O) groups is 1. The van der Waals surface area contributed by atoms with Crippen LogP contribution in [0.2, 0.25) is 0 Å². The summed E-state index contributed by atoms with van der Waals surface area (Å²) in [7, 11) is -4.26. The normalized spacial score (nSPS) is 13.7. The molecule has 0 radical (unpaired) electrons. The van der Waals surface area contributed by atoms with Gasteiger partial charge in [-0.2, -0.15) is 0 Å². The standard InChI is InChI=1S/C26H48BrN2O8P/c1-2-3-4-5-6-7-8-9-10-11-12-13-14-15-16-19-28-26(30)33-22-24(37-25-17-20-34-29-25)23-36-38(31,32)35-21-18-27/h17,20,24H,2-16,18-19,21-23H2,1H3,(H,28,30)(H,31,32). The van der Waals surface area contributed by atoms with Gasteiger partial charge in [0.15, 0.2) is 6.10 Å².